The van der Waals surface area contributed by atoms with Crippen LogP contribution in [0.5, 0.6) is 0 Å². The Balaban J connectivity index is 3.91. The molecule has 10 heavy (non-hydrogen) atoms. The van der Waals surface area contributed by atoms with Crippen molar-refractivity contribution in [2.45, 2.75) is 25.8 Å². The van der Waals surface area contributed by atoms with E-state index in [1.54, 1.807) is 6.92 Å². The van der Waals surface area contributed by atoms with Crippen molar-refractivity contribution >= 4 is 5.91 Å². The van der Waals surface area contributed by atoms with Gasteiger partial charge in [0.2, 0.25) is 0 Å². The summed E-state index contributed by atoms with van der Waals surface area (Å²) in [7, 11) is 1.38. The van der Waals surface area contributed by atoms with Gasteiger partial charge in [-0.05, 0) is 13.3 Å². The molecule has 1 amide bonds. The molecule has 0 saturated carbocycles. The monoisotopic (exact) mass is 146 g/mol. The van der Waals surface area contributed by atoms with E-state index in [0.717, 1.165) is 0 Å². The number of carbonyl (C=O) groups excluding carboxylic acids is 1. The van der Waals surface area contributed by atoms with Crippen LogP contribution < -0.4 is 11.2 Å². The lowest BCUT2D eigenvalue weighted by Gasteiger charge is -2.19. The van der Waals surface area contributed by atoms with Gasteiger partial charge in [-0.25, -0.2) is 5.48 Å². The molecular weight excluding hydrogens is 132 g/mol. The van der Waals surface area contributed by atoms with Crippen molar-refractivity contribution < 1.29 is 9.63 Å². The summed E-state index contributed by atoms with van der Waals surface area (Å²) in [5, 5.41) is 0. The van der Waals surface area contributed by atoms with Gasteiger partial charge in [-0.2, -0.15) is 0 Å². The van der Waals surface area contributed by atoms with Crippen LogP contribution in [-0.4, -0.2) is 18.6 Å². The van der Waals surface area contributed by atoms with Gasteiger partial charge >= 0.3 is 0 Å². The van der Waals surface area contributed by atoms with Gasteiger partial charge in [-0.1, -0.05) is 6.92 Å². The number of hydrogen-bond acceptors (Lipinski definition) is 3. The van der Waals surface area contributed by atoms with Crippen LogP contribution in [0, 0.1) is 0 Å². The van der Waals surface area contributed by atoms with E-state index in [-0.39, 0.29) is 5.91 Å². The van der Waals surface area contributed by atoms with Crippen molar-refractivity contribution in [2.24, 2.45) is 5.73 Å². The van der Waals surface area contributed by atoms with Crippen LogP contribution in [0.25, 0.3) is 0 Å². The maximum absolute atomic E-state index is 10.9. The van der Waals surface area contributed by atoms with Crippen molar-refractivity contribution in [1.29, 1.82) is 0 Å². The molecule has 4 nitrogen and oxygen atoms in total. The van der Waals surface area contributed by atoms with Crippen LogP contribution in [0.3, 0.4) is 0 Å². The van der Waals surface area contributed by atoms with Crippen LogP contribution in [0.2, 0.25) is 0 Å². The molecule has 4 heteroatoms. The molecule has 0 aromatic rings. The molecule has 3 N–H and O–H groups in total. The average molecular weight is 146 g/mol. The Morgan fingerprint density at radius 1 is 1.80 bits per heavy atom. The van der Waals surface area contributed by atoms with Crippen LogP contribution in [0.15, 0.2) is 0 Å². The van der Waals surface area contributed by atoms with E-state index in [1.165, 1.54) is 7.11 Å². The molecule has 0 aliphatic heterocycles. The maximum Gasteiger partial charge on any atom is 0.263 e. The van der Waals surface area contributed by atoms with Gasteiger partial charge in [0.15, 0.2) is 0 Å². The fourth-order valence-corrected chi connectivity index (χ4v) is 0.370. The molecule has 0 fully saturated rings. The molecule has 60 valence electrons. The first-order valence-electron chi connectivity index (χ1n) is 3.17. The zero-order chi connectivity index (χ0) is 8.20. The van der Waals surface area contributed by atoms with Gasteiger partial charge in [0.25, 0.3) is 5.91 Å². The smallest absolute Gasteiger partial charge is 0.263 e. The number of amides is 1. The van der Waals surface area contributed by atoms with Crippen LogP contribution in [0.1, 0.15) is 20.3 Å². The summed E-state index contributed by atoms with van der Waals surface area (Å²) < 4.78 is 0. The minimum atomic E-state index is -0.823. The van der Waals surface area contributed by atoms with E-state index in [1.807, 2.05) is 6.92 Å². The largest absolute Gasteiger partial charge is 0.318 e. The molecule has 0 spiro atoms. The van der Waals surface area contributed by atoms with E-state index in [4.69, 9.17) is 5.73 Å². The highest BCUT2D eigenvalue weighted by atomic mass is 16.6. The number of rotatable bonds is 3. The Morgan fingerprint density at radius 2 is 2.30 bits per heavy atom. The van der Waals surface area contributed by atoms with Gasteiger partial charge in [0.1, 0.15) is 0 Å². The van der Waals surface area contributed by atoms with Crippen molar-refractivity contribution in [3.63, 3.8) is 0 Å². The topological polar surface area (TPSA) is 64.4 Å². The number of nitrogens with one attached hydrogen (secondary N) is 1. The fourth-order valence-electron chi connectivity index (χ4n) is 0.370. The molecule has 0 aromatic heterocycles. The highest BCUT2D eigenvalue weighted by Gasteiger charge is 2.25. The second kappa shape index (κ2) is 3.53. The molecule has 0 heterocycles. The number of carbonyl (C=O) groups is 1. The predicted octanol–water partition coefficient (Wildman–Crippen LogP) is -0.209. The average Bonchev–Trinajstić information content (AvgIpc) is 1.89. The highest BCUT2D eigenvalue weighted by molar-refractivity contribution is 5.84. The Kier molecular flexibility index (Phi) is 3.32. The van der Waals surface area contributed by atoms with Gasteiger partial charge in [0, 0.05) is 0 Å². The Morgan fingerprint density at radius 3 is 2.60 bits per heavy atom. The third kappa shape index (κ3) is 2.33. The second-order valence-corrected chi connectivity index (χ2v) is 2.41. The van der Waals surface area contributed by atoms with Crippen molar-refractivity contribution in [3.05, 3.63) is 0 Å². The van der Waals surface area contributed by atoms with Crippen LogP contribution in [-0.2, 0) is 9.63 Å². The van der Waals surface area contributed by atoms with E-state index < -0.39 is 5.54 Å². The summed E-state index contributed by atoms with van der Waals surface area (Å²) in [5.41, 5.74) is 6.90. The maximum atomic E-state index is 10.9. The lowest BCUT2D eigenvalue weighted by molar-refractivity contribution is -0.136. The molecule has 0 aliphatic carbocycles. The zero-order valence-corrected chi connectivity index (χ0v) is 6.60. The Bertz CT molecular complexity index is 123. The molecule has 0 aromatic carbocycles. The first kappa shape index (κ1) is 9.39. The third-order valence-corrected chi connectivity index (χ3v) is 1.45. The van der Waals surface area contributed by atoms with Crippen LogP contribution in [0.4, 0.5) is 0 Å². The van der Waals surface area contributed by atoms with Gasteiger partial charge < -0.3 is 5.73 Å². The Labute approximate surface area is 60.7 Å². The molecular formula is C6H14N2O2. The number of nitrogens with two attached hydrogens (primary N) is 1. The van der Waals surface area contributed by atoms with Crippen molar-refractivity contribution in [3.8, 4) is 0 Å². The van der Waals surface area contributed by atoms with E-state index in [2.05, 4.69) is 10.3 Å². The third-order valence-electron chi connectivity index (χ3n) is 1.45. The van der Waals surface area contributed by atoms with Crippen molar-refractivity contribution in [1.82, 2.24) is 5.48 Å². The number of hydroxylamine groups is 1. The summed E-state index contributed by atoms with van der Waals surface area (Å²) in [6, 6.07) is 0. The van der Waals surface area contributed by atoms with Crippen LogP contribution >= 0.6 is 0 Å². The molecule has 1 unspecified atom stereocenters. The zero-order valence-electron chi connectivity index (χ0n) is 6.60. The molecule has 0 saturated heterocycles. The van der Waals surface area contributed by atoms with Gasteiger partial charge in [-0.3, -0.25) is 9.63 Å². The molecule has 0 bridgehead atoms. The molecule has 1 atom stereocenters. The Hall–Kier alpha value is -0.610. The highest BCUT2D eigenvalue weighted by Crippen LogP contribution is 2.03. The quantitative estimate of drug-likeness (QED) is 0.541. The van der Waals surface area contributed by atoms with E-state index in [9.17, 15) is 4.79 Å². The summed E-state index contributed by atoms with van der Waals surface area (Å²) in [6.07, 6.45) is 0.586. The summed E-state index contributed by atoms with van der Waals surface area (Å²) >= 11 is 0. The fraction of sp³-hybridized carbons (Fsp3) is 0.833. The SMILES string of the molecule is CCC(C)(N)C(=O)NOC. The normalized spacial score (nSPS) is 16.0. The summed E-state index contributed by atoms with van der Waals surface area (Å²) in [6.45, 7) is 3.50. The van der Waals surface area contributed by atoms with Gasteiger partial charge in [-0.15, -0.1) is 0 Å². The minimum absolute atomic E-state index is 0.294. The minimum Gasteiger partial charge on any atom is -0.318 e. The molecule has 0 rings (SSSR count). The van der Waals surface area contributed by atoms with Gasteiger partial charge in [0.05, 0.1) is 12.6 Å². The first-order chi connectivity index (χ1) is 4.54. The van der Waals surface area contributed by atoms with E-state index >= 15 is 0 Å². The summed E-state index contributed by atoms with van der Waals surface area (Å²) in [4.78, 5) is 15.3. The summed E-state index contributed by atoms with van der Waals surface area (Å²) in [5.74, 6) is -0.294. The predicted molar refractivity (Wildman–Crippen MR) is 38.0 cm³/mol. The first-order valence-corrected chi connectivity index (χ1v) is 3.17. The molecule has 0 aliphatic rings. The van der Waals surface area contributed by atoms with E-state index in [0.29, 0.717) is 6.42 Å². The molecule has 0 radical (unpaired) electrons. The standard InChI is InChI=1S/C6H14N2O2/c1-4-6(2,7)5(9)8-10-3/h4,7H2,1-3H3,(H,8,9). The lowest BCUT2D eigenvalue weighted by Crippen LogP contribution is -2.50. The number of hydrogen-bond donors (Lipinski definition) is 2. The lowest BCUT2D eigenvalue weighted by atomic mass is 10.0. The second-order valence-electron chi connectivity index (χ2n) is 2.41. The van der Waals surface area contributed by atoms with Crippen molar-refractivity contribution in [2.75, 3.05) is 7.11 Å².